The standard InChI is InChI=1S/C11H19N3O4/c1-6-4-3-5-14(8(6)10(16)17)9(15)7(2)13-11(12)18/h6-8H,3-5H2,1-2H3,(H,16,17)(H3,12,13,18). The highest BCUT2D eigenvalue weighted by Crippen LogP contribution is 2.24. The Morgan fingerprint density at radius 3 is 2.56 bits per heavy atom. The molecule has 1 rings (SSSR count). The molecular weight excluding hydrogens is 238 g/mol. The van der Waals surface area contributed by atoms with Crippen LogP contribution in [0, 0.1) is 5.92 Å². The van der Waals surface area contributed by atoms with Crippen molar-refractivity contribution in [1.29, 1.82) is 0 Å². The molecular formula is C11H19N3O4. The highest BCUT2D eigenvalue weighted by Gasteiger charge is 2.38. The number of nitrogens with one attached hydrogen (secondary N) is 1. The van der Waals surface area contributed by atoms with Crippen LogP contribution in [0.15, 0.2) is 0 Å². The fourth-order valence-electron chi connectivity index (χ4n) is 2.34. The molecule has 18 heavy (non-hydrogen) atoms. The van der Waals surface area contributed by atoms with Gasteiger partial charge < -0.3 is 21.1 Å². The van der Waals surface area contributed by atoms with Crippen molar-refractivity contribution in [2.24, 2.45) is 11.7 Å². The number of hydrogen-bond acceptors (Lipinski definition) is 3. The van der Waals surface area contributed by atoms with Gasteiger partial charge in [-0.1, -0.05) is 6.92 Å². The molecule has 0 aliphatic carbocycles. The van der Waals surface area contributed by atoms with Gasteiger partial charge in [0.15, 0.2) is 0 Å². The monoisotopic (exact) mass is 257 g/mol. The van der Waals surface area contributed by atoms with Gasteiger partial charge in [0.1, 0.15) is 12.1 Å². The summed E-state index contributed by atoms with van der Waals surface area (Å²) in [4.78, 5) is 35.3. The van der Waals surface area contributed by atoms with E-state index in [4.69, 9.17) is 5.73 Å². The maximum atomic E-state index is 12.1. The molecule has 3 unspecified atom stereocenters. The number of carboxylic acids is 1. The number of likely N-dealkylation sites (tertiary alicyclic amines) is 1. The molecule has 1 saturated heterocycles. The smallest absolute Gasteiger partial charge is 0.326 e. The normalized spacial score (nSPS) is 25.3. The van der Waals surface area contributed by atoms with E-state index in [0.717, 1.165) is 12.8 Å². The number of urea groups is 1. The average Bonchev–Trinajstić information content (AvgIpc) is 2.26. The van der Waals surface area contributed by atoms with Gasteiger partial charge in [-0.25, -0.2) is 9.59 Å². The molecule has 0 saturated carbocycles. The highest BCUT2D eigenvalue weighted by atomic mass is 16.4. The molecule has 1 aliphatic rings. The van der Waals surface area contributed by atoms with Gasteiger partial charge in [-0.15, -0.1) is 0 Å². The number of rotatable bonds is 3. The first-order chi connectivity index (χ1) is 8.34. The molecule has 3 amide bonds. The lowest BCUT2D eigenvalue weighted by atomic mass is 9.90. The first-order valence-electron chi connectivity index (χ1n) is 5.93. The zero-order valence-corrected chi connectivity index (χ0v) is 10.5. The summed E-state index contributed by atoms with van der Waals surface area (Å²) < 4.78 is 0. The molecule has 1 heterocycles. The number of amides is 3. The maximum absolute atomic E-state index is 12.1. The van der Waals surface area contributed by atoms with Crippen molar-refractivity contribution < 1.29 is 19.5 Å². The Labute approximate surface area is 105 Å². The van der Waals surface area contributed by atoms with Crippen LogP contribution in [0.3, 0.4) is 0 Å². The molecule has 0 aromatic carbocycles. The molecule has 0 aromatic rings. The van der Waals surface area contributed by atoms with E-state index in [2.05, 4.69) is 5.32 Å². The molecule has 0 spiro atoms. The minimum atomic E-state index is -1.01. The largest absolute Gasteiger partial charge is 0.480 e. The van der Waals surface area contributed by atoms with Crippen LogP contribution in [-0.2, 0) is 9.59 Å². The molecule has 102 valence electrons. The van der Waals surface area contributed by atoms with Crippen LogP contribution in [0.5, 0.6) is 0 Å². The van der Waals surface area contributed by atoms with Crippen LogP contribution in [0.4, 0.5) is 4.79 Å². The van der Waals surface area contributed by atoms with Crippen LogP contribution in [0.2, 0.25) is 0 Å². The fourth-order valence-corrected chi connectivity index (χ4v) is 2.34. The number of nitrogens with zero attached hydrogens (tertiary/aromatic N) is 1. The van der Waals surface area contributed by atoms with E-state index in [1.807, 2.05) is 6.92 Å². The van der Waals surface area contributed by atoms with Gasteiger partial charge in [0, 0.05) is 6.54 Å². The zero-order chi connectivity index (χ0) is 13.9. The third kappa shape index (κ3) is 3.12. The number of carbonyl (C=O) groups is 3. The maximum Gasteiger partial charge on any atom is 0.326 e. The van der Waals surface area contributed by atoms with E-state index in [1.165, 1.54) is 11.8 Å². The summed E-state index contributed by atoms with van der Waals surface area (Å²) in [5, 5.41) is 11.5. The predicted octanol–water partition coefficient (Wildman–Crippen LogP) is -0.245. The number of piperidine rings is 1. The third-order valence-electron chi connectivity index (χ3n) is 3.20. The third-order valence-corrected chi connectivity index (χ3v) is 3.20. The highest BCUT2D eigenvalue weighted by molar-refractivity contribution is 5.89. The topological polar surface area (TPSA) is 113 Å². The molecule has 0 radical (unpaired) electrons. The van der Waals surface area contributed by atoms with Gasteiger partial charge in [-0.05, 0) is 25.7 Å². The van der Waals surface area contributed by atoms with Gasteiger partial charge in [0.25, 0.3) is 0 Å². The summed E-state index contributed by atoms with van der Waals surface area (Å²) >= 11 is 0. The fraction of sp³-hybridized carbons (Fsp3) is 0.727. The molecule has 7 heteroatoms. The van der Waals surface area contributed by atoms with Crippen LogP contribution in [-0.4, -0.2) is 46.5 Å². The van der Waals surface area contributed by atoms with E-state index in [0.29, 0.717) is 6.54 Å². The number of hydrogen-bond donors (Lipinski definition) is 3. The molecule has 4 N–H and O–H groups in total. The summed E-state index contributed by atoms with van der Waals surface area (Å²) in [6.07, 6.45) is 1.54. The lowest BCUT2D eigenvalue weighted by molar-refractivity contribution is -0.155. The molecule has 3 atom stereocenters. The summed E-state index contributed by atoms with van der Waals surface area (Å²) in [5.74, 6) is -1.52. The van der Waals surface area contributed by atoms with E-state index < -0.39 is 30.0 Å². The quantitative estimate of drug-likeness (QED) is 0.647. The van der Waals surface area contributed by atoms with Crippen molar-refractivity contribution in [3.05, 3.63) is 0 Å². The minimum Gasteiger partial charge on any atom is -0.480 e. The van der Waals surface area contributed by atoms with Gasteiger partial charge in [0.05, 0.1) is 0 Å². The van der Waals surface area contributed by atoms with E-state index in [9.17, 15) is 19.5 Å². The second-order valence-electron chi connectivity index (χ2n) is 4.66. The number of aliphatic carboxylic acids is 1. The van der Waals surface area contributed by atoms with Gasteiger partial charge in [-0.3, -0.25) is 4.79 Å². The number of nitrogens with two attached hydrogens (primary N) is 1. The van der Waals surface area contributed by atoms with Crippen molar-refractivity contribution in [3.63, 3.8) is 0 Å². The van der Waals surface area contributed by atoms with Crippen LogP contribution in [0.25, 0.3) is 0 Å². The van der Waals surface area contributed by atoms with Crippen molar-refractivity contribution in [2.45, 2.75) is 38.8 Å². The molecule has 1 fully saturated rings. The molecule has 0 aromatic heterocycles. The van der Waals surface area contributed by atoms with Crippen molar-refractivity contribution in [1.82, 2.24) is 10.2 Å². The van der Waals surface area contributed by atoms with Crippen molar-refractivity contribution >= 4 is 17.9 Å². The summed E-state index contributed by atoms with van der Waals surface area (Å²) in [6, 6.07) is -2.44. The lowest BCUT2D eigenvalue weighted by Crippen LogP contribution is -2.57. The first kappa shape index (κ1) is 14.3. The van der Waals surface area contributed by atoms with Gasteiger partial charge in [-0.2, -0.15) is 0 Å². The SMILES string of the molecule is CC(NC(N)=O)C(=O)N1CCCC(C)C1C(=O)O. The van der Waals surface area contributed by atoms with Gasteiger partial charge in [0.2, 0.25) is 5.91 Å². The van der Waals surface area contributed by atoms with Crippen LogP contribution >= 0.6 is 0 Å². The Hall–Kier alpha value is -1.79. The Kier molecular flexibility index (Phi) is 4.52. The Bertz CT molecular complexity index is 358. The summed E-state index contributed by atoms with van der Waals surface area (Å²) in [7, 11) is 0. The number of primary amides is 1. The number of carboxylic acid groups (broad SMARTS) is 1. The van der Waals surface area contributed by atoms with E-state index in [1.54, 1.807) is 0 Å². The van der Waals surface area contributed by atoms with Crippen LogP contribution < -0.4 is 11.1 Å². The minimum absolute atomic E-state index is 0.0963. The van der Waals surface area contributed by atoms with Crippen molar-refractivity contribution in [2.75, 3.05) is 6.54 Å². The van der Waals surface area contributed by atoms with Gasteiger partial charge >= 0.3 is 12.0 Å². The Morgan fingerprint density at radius 1 is 1.44 bits per heavy atom. The predicted molar refractivity (Wildman–Crippen MR) is 63.7 cm³/mol. The molecule has 1 aliphatic heterocycles. The molecule has 0 bridgehead atoms. The lowest BCUT2D eigenvalue weighted by Gasteiger charge is -2.38. The van der Waals surface area contributed by atoms with E-state index >= 15 is 0 Å². The van der Waals surface area contributed by atoms with Crippen molar-refractivity contribution in [3.8, 4) is 0 Å². The first-order valence-corrected chi connectivity index (χ1v) is 5.93. The number of carbonyl (C=O) groups excluding carboxylic acids is 2. The van der Waals surface area contributed by atoms with Crippen LogP contribution in [0.1, 0.15) is 26.7 Å². The average molecular weight is 257 g/mol. The molecule has 7 nitrogen and oxygen atoms in total. The van der Waals surface area contributed by atoms with E-state index in [-0.39, 0.29) is 5.92 Å². The Balaban J connectivity index is 2.81. The summed E-state index contributed by atoms with van der Waals surface area (Å²) in [6.45, 7) is 3.70. The second kappa shape index (κ2) is 5.70. The second-order valence-corrected chi connectivity index (χ2v) is 4.66. The Morgan fingerprint density at radius 2 is 2.06 bits per heavy atom. The summed E-state index contributed by atoms with van der Waals surface area (Å²) in [5.41, 5.74) is 4.95. The zero-order valence-electron chi connectivity index (χ0n) is 10.5.